The SMILES string of the molecule is O=S(=O)(O)CC(Br)C(Br)CS(=O)(=O)O.[H-].[Na+]. The van der Waals surface area contributed by atoms with Gasteiger partial charge in [0.1, 0.15) is 0 Å². The Labute approximate surface area is 129 Å². The summed E-state index contributed by atoms with van der Waals surface area (Å²) in [6.07, 6.45) is 0. The third-order valence-electron chi connectivity index (χ3n) is 1.13. The molecule has 0 bridgehead atoms. The van der Waals surface area contributed by atoms with Crippen molar-refractivity contribution in [2.75, 3.05) is 11.5 Å². The summed E-state index contributed by atoms with van der Waals surface area (Å²) in [4.78, 5) is -1.61. The van der Waals surface area contributed by atoms with Crippen LogP contribution in [0.25, 0.3) is 0 Å². The zero-order valence-electron chi connectivity index (χ0n) is 8.67. The van der Waals surface area contributed by atoms with Crippen molar-refractivity contribution in [3.05, 3.63) is 0 Å². The Kier molecular flexibility index (Phi) is 9.27. The van der Waals surface area contributed by atoms with Gasteiger partial charge in [0.05, 0.1) is 11.5 Å². The average Bonchev–Trinajstić information content (AvgIpc) is 1.78. The van der Waals surface area contributed by atoms with E-state index in [9.17, 15) is 16.8 Å². The molecule has 6 nitrogen and oxygen atoms in total. The third kappa shape index (κ3) is 12.0. The molecular weight excluding hydrogens is 391 g/mol. The molecule has 0 saturated heterocycles. The summed E-state index contributed by atoms with van der Waals surface area (Å²) in [5.41, 5.74) is 0. The van der Waals surface area contributed by atoms with Crippen molar-refractivity contribution >= 4 is 52.1 Å². The van der Waals surface area contributed by atoms with Gasteiger partial charge in [0.25, 0.3) is 20.2 Å². The van der Waals surface area contributed by atoms with E-state index in [0.717, 1.165) is 0 Å². The fourth-order valence-corrected chi connectivity index (χ4v) is 4.75. The average molecular weight is 400 g/mol. The summed E-state index contributed by atoms with van der Waals surface area (Å²) < 4.78 is 58.5. The summed E-state index contributed by atoms with van der Waals surface area (Å²) >= 11 is 5.74. The molecule has 0 amide bonds. The fourth-order valence-electron chi connectivity index (χ4n) is 0.611. The first-order chi connectivity index (χ1) is 6.01. The van der Waals surface area contributed by atoms with Gasteiger partial charge in [-0.1, -0.05) is 31.9 Å². The first-order valence-electron chi connectivity index (χ1n) is 3.20. The van der Waals surface area contributed by atoms with Crippen molar-refractivity contribution in [3.8, 4) is 0 Å². The van der Waals surface area contributed by atoms with Crippen LogP contribution in [0.15, 0.2) is 0 Å². The Morgan fingerprint density at radius 2 is 1.13 bits per heavy atom. The maximum absolute atomic E-state index is 10.4. The number of rotatable bonds is 5. The van der Waals surface area contributed by atoms with E-state index in [0.29, 0.717) is 0 Å². The normalized spacial score (nSPS) is 16.5. The van der Waals surface area contributed by atoms with Crippen LogP contribution in [0, 0.1) is 0 Å². The Morgan fingerprint density at radius 3 is 1.27 bits per heavy atom. The molecule has 0 aromatic rings. The van der Waals surface area contributed by atoms with Gasteiger partial charge in [0.15, 0.2) is 0 Å². The molecule has 0 aromatic heterocycles. The van der Waals surface area contributed by atoms with Crippen molar-refractivity contribution in [3.63, 3.8) is 0 Å². The minimum atomic E-state index is -4.18. The number of halogens is 2. The van der Waals surface area contributed by atoms with Crippen LogP contribution in [0.2, 0.25) is 0 Å². The zero-order chi connectivity index (χ0) is 11.6. The van der Waals surface area contributed by atoms with E-state index in [2.05, 4.69) is 31.9 Å². The molecule has 2 atom stereocenters. The molecule has 0 radical (unpaired) electrons. The van der Waals surface area contributed by atoms with Crippen LogP contribution in [0.5, 0.6) is 0 Å². The Hall–Kier alpha value is 1.78. The first kappa shape index (κ1) is 19.1. The minimum absolute atomic E-state index is 0. The Balaban J connectivity index is -0.000000845. The van der Waals surface area contributed by atoms with Crippen LogP contribution < -0.4 is 29.6 Å². The molecule has 0 aliphatic carbocycles. The maximum atomic E-state index is 10.4. The van der Waals surface area contributed by atoms with Gasteiger partial charge in [-0.3, -0.25) is 9.11 Å². The van der Waals surface area contributed by atoms with Gasteiger partial charge in [0.2, 0.25) is 0 Å². The molecule has 88 valence electrons. The Morgan fingerprint density at radius 1 is 0.933 bits per heavy atom. The van der Waals surface area contributed by atoms with E-state index in [1.54, 1.807) is 0 Å². The number of hydrogen-bond donors (Lipinski definition) is 2. The van der Waals surface area contributed by atoms with Crippen molar-refractivity contribution in [2.45, 2.75) is 9.65 Å². The zero-order valence-corrected chi connectivity index (χ0v) is 14.5. The minimum Gasteiger partial charge on any atom is -1.00 e. The van der Waals surface area contributed by atoms with Gasteiger partial charge >= 0.3 is 29.6 Å². The molecule has 0 heterocycles. The second kappa shape index (κ2) is 7.27. The molecule has 2 unspecified atom stereocenters. The van der Waals surface area contributed by atoms with Crippen LogP contribution in [0.3, 0.4) is 0 Å². The maximum Gasteiger partial charge on any atom is 1.00 e. The van der Waals surface area contributed by atoms with Crippen molar-refractivity contribution in [1.82, 2.24) is 0 Å². The van der Waals surface area contributed by atoms with Crippen LogP contribution in [-0.4, -0.2) is 47.1 Å². The third-order valence-corrected chi connectivity index (χ3v) is 6.18. The van der Waals surface area contributed by atoms with Gasteiger partial charge in [-0.05, 0) is 0 Å². The Bertz CT molecular complexity index is 345. The predicted octanol–water partition coefficient (Wildman–Crippen LogP) is -2.59. The van der Waals surface area contributed by atoms with Crippen molar-refractivity contribution in [2.24, 2.45) is 0 Å². The van der Waals surface area contributed by atoms with E-state index in [1.807, 2.05) is 0 Å². The monoisotopic (exact) mass is 398 g/mol. The van der Waals surface area contributed by atoms with Crippen LogP contribution in [0.4, 0.5) is 0 Å². The topological polar surface area (TPSA) is 109 Å². The standard InChI is InChI=1S/C4H8Br2O6S2.Na.H/c5-3(1-13(7,8)9)4(6)2-14(10,11)12;;/h3-4H,1-2H2,(H,7,8,9)(H,10,11,12);;/q;+1;-1. The molecular formula is C4H9Br2NaO6S2. The van der Waals surface area contributed by atoms with Gasteiger partial charge < -0.3 is 1.43 Å². The smallest absolute Gasteiger partial charge is 1.00 e. The summed E-state index contributed by atoms with van der Waals surface area (Å²) in [7, 11) is -8.35. The number of hydrogen-bond acceptors (Lipinski definition) is 4. The van der Waals surface area contributed by atoms with E-state index >= 15 is 0 Å². The van der Waals surface area contributed by atoms with E-state index in [4.69, 9.17) is 9.11 Å². The summed E-state index contributed by atoms with van der Waals surface area (Å²) in [5.74, 6) is -1.28. The van der Waals surface area contributed by atoms with E-state index in [-0.39, 0.29) is 31.0 Å². The second-order valence-electron chi connectivity index (χ2n) is 2.53. The summed E-state index contributed by atoms with van der Waals surface area (Å²) in [6, 6.07) is 0. The van der Waals surface area contributed by atoms with E-state index < -0.39 is 41.4 Å². The van der Waals surface area contributed by atoms with Crippen LogP contribution >= 0.6 is 31.9 Å². The molecule has 15 heavy (non-hydrogen) atoms. The quantitative estimate of drug-likeness (QED) is 0.298. The molecule has 11 heteroatoms. The van der Waals surface area contributed by atoms with Crippen molar-refractivity contribution < 1.29 is 56.9 Å². The first-order valence-corrected chi connectivity index (χ1v) is 8.25. The van der Waals surface area contributed by atoms with Crippen LogP contribution in [0.1, 0.15) is 1.43 Å². The predicted molar refractivity (Wildman–Crippen MR) is 59.4 cm³/mol. The summed E-state index contributed by atoms with van der Waals surface area (Å²) in [6.45, 7) is 0. The second-order valence-corrected chi connectivity index (χ2v) is 7.88. The molecule has 0 spiro atoms. The molecule has 0 aromatic carbocycles. The molecule has 0 fully saturated rings. The van der Waals surface area contributed by atoms with Gasteiger partial charge in [-0.25, -0.2) is 0 Å². The van der Waals surface area contributed by atoms with Crippen molar-refractivity contribution in [1.29, 1.82) is 0 Å². The summed E-state index contributed by atoms with van der Waals surface area (Å²) in [5, 5.41) is 0. The van der Waals surface area contributed by atoms with Crippen LogP contribution in [-0.2, 0) is 20.2 Å². The van der Waals surface area contributed by atoms with Gasteiger partial charge in [0, 0.05) is 9.65 Å². The molecule has 0 aliphatic rings. The molecule has 2 N–H and O–H groups in total. The molecule has 0 saturated carbocycles. The fraction of sp³-hybridized carbons (Fsp3) is 1.00. The van der Waals surface area contributed by atoms with E-state index in [1.165, 1.54) is 0 Å². The van der Waals surface area contributed by atoms with Gasteiger partial charge in [-0.2, -0.15) is 16.8 Å². The number of alkyl halides is 2. The molecule has 0 rings (SSSR count). The molecule has 0 aliphatic heterocycles. The van der Waals surface area contributed by atoms with Gasteiger partial charge in [-0.15, -0.1) is 0 Å². The largest absolute Gasteiger partial charge is 1.00 e.